The van der Waals surface area contributed by atoms with E-state index in [2.05, 4.69) is 5.32 Å². The summed E-state index contributed by atoms with van der Waals surface area (Å²) in [5.41, 5.74) is 0.382. The van der Waals surface area contributed by atoms with Gasteiger partial charge in [0.25, 0.3) is 0 Å². The van der Waals surface area contributed by atoms with Gasteiger partial charge in [0.1, 0.15) is 18.0 Å². The molecular formula is C17H19NO3. The molecule has 0 aliphatic rings. The number of hydrogen-bond donors (Lipinski definition) is 2. The second kappa shape index (κ2) is 6.41. The lowest BCUT2D eigenvalue weighted by molar-refractivity contribution is -0.114. The van der Waals surface area contributed by atoms with E-state index in [1.54, 1.807) is 31.2 Å². The predicted molar refractivity (Wildman–Crippen MR) is 82.3 cm³/mol. The Bertz CT molecular complexity index is 608. The van der Waals surface area contributed by atoms with Crippen LogP contribution in [0.25, 0.3) is 0 Å². The molecule has 2 N–H and O–H groups in total. The van der Waals surface area contributed by atoms with Crippen molar-refractivity contribution in [1.82, 2.24) is 0 Å². The Hall–Kier alpha value is -2.33. The van der Waals surface area contributed by atoms with Crippen LogP contribution in [-0.4, -0.2) is 17.6 Å². The van der Waals surface area contributed by atoms with Gasteiger partial charge in [-0.25, -0.2) is 0 Å². The molecule has 1 atom stereocenters. The van der Waals surface area contributed by atoms with Crippen molar-refractivity contribution in [2.45, 2.75) is 19.4 Å². The molecule has 4 nitrogen and oxygen atoms in total. The van der Waals surface area contributed by atoms with Crippen LogP contribution in [0.15, 0.2) is 54.6 Å². The number of anilines is 1. The summed E-state index contributed by atoms with van der Waals surface area (Å²) in [5, 5.41) is 13.2. The third kappa shape index (κ3) is 4.33. The van der Waals surface area contributed by atoms with E-state index in [0.29, 0.717) is 11.4 Å². The molecule has 0 bridgehead atoms. The van der Waals surface area contributed by atoms with Crippen LogP contribution in [0, 0.1) is 0 Å². The van der Waals surface area contributed by atoms with Gasteiger partial charge in [-0.1, -0.05) is 36.4 Å². The van der Waals surface area contributed by atoms with E-state index in [-0.39, 0.29) is 12.5 Å². The van der Waals surface area contributed by atoms with Gasteiger partial charge in [-0.05, 0) is 24.6 Å². The first kappa shape index (κ1) is 15.1. The first-order valence-corrected chi connectivity index (χ1v) is 6.76. The molecule has 1 unspecified atom stereocenters. The Morgan fingerprint density at radius 3 is 2.57 bits per heavy atom. The average molecular weight is 285 g/mol. The standard InChI is InChI=1S/C17H19NO3/c1-13(19)18-15-9-6-10-16(11-15)21-12-17(2,20)14-7-4-3-5-8-14/h3-11,20H,12H2,1-2H3,(H,18,19). The highest BCUT2D eigenvalue weighted by molar-refractivity contribution is 5.88. The maximum Gasteiger partial charge on any atom is 0.221 e. The molecule has 2 rings (SSSR count). The van der Waals surface area contributed by atoms with Crippen LogP contribution in [-0.2, 0) is 10.4 Å². The van der Waals surface area contributed by atoms with Crippen LogP contribution in [0.1, 0.15) is 19.4 Å². The molecule has 0 fully saturated rings. The fourth-order valence-electron chi connectivity index (χ4n) is 1.97. The minimum absolute atomic E-state index is 0.126. The third-order valence-corrected chi connectivity index (χ3v) is 3.07. The summed E-state index contributed by atoms with van der Waals surface area (Å²) in [5.74, 6) is 0.459. The largest absolute Gasteiger partial charge is 0.490 e. The lowest BCUT2D eigenvalue weighted by atomic mass is 9.97. The molecule has 1 amide bonds. The van der Waals surface area contributed by atoms with Crippen LogP contribution in [0.5, 0.6) is 5.75 Å². The zero-order valence-corrected chi connectivity index (χ0v) is 12.2. The van der Waals surface area contributed by atoms with Crippen molar-refractivity contribution >= 4 is 11.6 Å². The predicted octanol–water partition coefficient (Wildman–Crippen LogP) is 2.93. The fraction of sp³-hybridized carbons (Fsp3) is 0.235. The maximum absolute atomic E-state index is 11.0. The smallest absolute Gasteiger partial charge is 0.221 e. The minimum Gasteiger partial charge on any atom is -0.490 e. The van der Waals surface area contributed by atoms with E-state index in [9.17, 15) is 9.90 Å². The summed E-state index contributed by atoms with van der Waals surface area (Å²) in [6.07, 6.45) is 0. The molecule has 0 aromatic heterocycles. The van der Waals surface area contributed by atoms with E-state index in [1.807, 2.05) is 30.3 Å². The van der Waals surface area contributed by atoms with Crippen molar-refractivity contribution in [1.29, 1.82) is 0 Å². The summed E-state index contributed by atoms with van der Waals surface area (Å²) < 4.78 is 5.65. The summed E-state index contributed by atoms with van der Waals surface area (Å²) >= 11 is 0. The Balaban J connectivity index is 2.04. The fourth-order valence-corrected chi connectivity index (χ4v) is 1.97. The van der Waals surface area contributed by atoms with Crippen LogP contribution < -0.4 is 10.1 Å². The minimum atomic E-state index is -1.08. The number of nitrogens with one attached hydrogen (secondary N) is 1. The number of aliphatic hydroxyl groups is 1. The van der Waals surface area contributed by atoms with E-state index in [4.69, 9.17) is 4.74 Å². The molecule has 0 radical (unpaired) electrons. The summed E-state index contributed by atoms with van der Waals surface area (Å²) in [6.45, 7) is 3.29. The first-order valence-electron chi connectivity index (χ1n) is 6.76. The average Bonchev–Trinajstić information content (AvgIpc) is 2.46. The normalized spacial score (nSPS) is 13.3. The Morgan fingerprint density at radius 2 is 1.90 bits per heavy atom. The lowest BCUT2D eigenvalue weighted by Crippen LogP contribution is -2.29. The monoisotopic (exact) mass is 285 g/mol. The Morgan fingerprint density at radius 1 is 1.19 bits per heavy atom. The van der Waals surface area contributed by atoms with Gasteiger partial charge in [-0.2, -0.15) is 0 Å². The highest BCUT2D eigenvalue weighted by Crippen LogP contribution is 2.23. The molecule has 4 heteroatoms. The Kier molecular flexibility index (Phi) is 4.60. The molecule has 2 aromatic rings. The van der Waals surface area contributed by atoms with E-state index in [0.717, 1.165) is 5.56 Å². The zero-order valence-electron chi connectivity index (χ0n) is 12.2. The molecule has 0 aliphatic carbocycles. The number of carbonyl (C=O) groups excluding carboxylic acids is 1. The molecule has 0 saturated carbocycles. The van der Waals surface area contributed by atoms with Crippen molar-refractivity contribution < 1.29 is 14.6 Å². The number of amides is 1. The van der Waals surface area contributed by atoms with Crippen molar-refractivity contribution in [2.75, 3.05) is 11.9 Å². The van der Waals surface area contributed by atoms with Crippen molar-refractivity contribution in [2.24, 2.45) is 0 Å². The van der Waals surface area contributed by atoms with E-state index >= 15 is 0 Å². The van der Waals surface area contributed by atoms with Gasteiger partial charge >= 0.3 is 0 Å². The molecule has 110 valence electrons. The van der Waals surface area contributed by atoms with Crippen molar-refractivity contribution in [3.8, 4) is 5.75 Å². The second-order valence-electron chi connectivity index (χ2n) is 5.14. The highest BCUT2D eigenvalue weighted by Gasteiger charge is 2.23. The van der Waals surface area contributed by atoms with Crippen LogP contribution >= 0.6 is 0 Å². The molecule has 0 aliphatic heterocycles. The van der Waals surface area contributed by atoms with Gasteiger partial charge in [0.15, 0.2) is 0 Å². The van der Waals surface area contributed by atoms with E-state index < -0.39 is 5.60 Å². The lowest BCUT2D eigenvalue weighted by Gasteiger charge is -2.24. The summed E-state index contributed by atoms with van der Waals surface area (Å²) in [6, 6.07) is 16.4. The highest BCUT2D eigenvalue weighted by atomic mass is 16.5. The van der Waals surface area contributed by atoms with Gasteiger partial charge in [0.2, 0.25) is 5.91 Å². The molecular weight excluding hydrogens is 266 g/mol. The summed E-state index contributed by atoms with van der Waals surface area (Å²) in [4.78, 5) is 11.0. The second-order valence-corrected chi connectivity index (χ2v) is 5.14. The number of benzene rings is 2. The quantitative estimate of drug-likeness (QED) is 0.888. The topological polar surface area (TPSA) is 58.6 Å². The van der Waals surface area contributed by atoms with Gasteiger partial charge in [-0.15, -0.1) is 0 Å². The van der Waals surface area contributed by atoms with Crippen LogP contribution in [0.2, 0.25) is 0 Å². The number of hydrogen-bond acceptors (Lipinski definition) is 3. The van der Waals surface area contributed by atoms with Crippen LogP contribution in [0.3, 0.4) is 0 Å². The first-order chi connectivity index (χ1) is 9.97. The molecule has 2 aromatic carbocycles. The van der Waals surface area contributed by atoms with E-state index in [1.165, 1.54) is 6.92 Å². The number of ether oxygens (including phenoxy) is 1. The van der Waals surface area contributed by atoms with Crippen LogP contribution in [0.4, 0.5) is 5.69 Å². The third-order valence-electron chi connectivity index (χ3n) is 3.07. The summed E-state index contributed by atoms with van der Waals surface area (Å²) in [7, 11) is 0. The number of carbonyl (C=O) groups is 1. The molecule has 0 heterocycles. The Labute approximate surface area is 124 Å². The zero-order chi connectivity index (χ0) is 15.3. The van der Waals surface area contributed by atoms with Gasteiger partial charge < -0.3 is 15.2 Å². The molecule has 0 saturated heterocycles. The number of rotatable bonds is 5. The maximum atomic E-state index is 11.0. The van der Waals surface area contributed by atoms with Gasteiger partial charge in [-0.3, -0.25) is 4.79 Å². The van der Waals surface area contributed by atoms with Crippen molar-refractivity contribution in [3.63, 3.8) is 0 Å². The molecule has 21 heavy (non-hydrogen) atoms. The van der Waals surface area contributed by atoms with Gasteiger partial charge in [0.05, 0.1) is 0 Å². The molecule has 0 spiro atoms. The van der Waals surface area contributed by atoms with Crippen molar-refractivity contribution in [3.05, 3.63) is 60.2 Å². The SMILES string of the molecule is CC(=O)Nc1cccc(OCC(C)(O)c2ccccc2)c1. The van der Waals surface area contributed by atoms with Gasteiger partial charge in [0, 0.05) is 18.7 Å².